The van der Waals surface area contributed by atoms with Gasteiger partial charge in [0.25, 0.3) is 0 Å². The van der Waals surface area contributed by atoms with E-state index in [1.54, 1.807) is 0 Å². The maximum absolute atomic E-state index is 10.7. The summed E-state index contributed by atoms with van der Waals surface area (Å²) in [6.45, 7) is 3.26. The van der Waals surface area contributed by atoms with Crippen LogP contribution in [0.5, 0.6) is 0 Å². The van der Waals surface area contributed by atoms with Crippen LogP contribution in [0.15, 0.2) is 0 Å². The second-order valence-electron chi connectivity index (χ2n) is 3.44. The molecule has 7 nitrogen and oxygen atoms in total. The van der Waals surface area contributed by atoms with Crippen molar-refractivity contribution in [2.45, 2.75) is 12.2 Å². The first-order valence-corrected chi connectivity index (χ1v) is 6.67. The molecule has 0 radical (unpaired) electrons. The summed E-state index contributed by atoms with van der Waals surface area (Å²) < 4.78 is 38.8. The van der Waals surface area contributed by atoms with Crippen LogP contribution in [0.4, 0.5) is 0 Å². The molecule has 0 amide bonds. The molecule has 0 aromatic rings. The zero-order valence-electron chi connectivity index (χ0n) is 10.3. The van der Waals surface area contributed by atoms with Crippen molar-refractivity contribution in [3.63, 3.8) is 0 Å². The van der Waals surface area contributed by atoms with Gasteiger partial charge in [-0.1, -0.05) is 0 Å². The molecule has 0 aromatic heterocycles. The molecule has 2 aliphatic rings. The molecule has 2 atom stereocenters. The summed E-state index contributed by atoms with van der Waals surface area (Å²) >= 11 is 0. The minimum Gasteiger partial charge on any atom is -0.376 e. The van der Waals surface area contributed by atoms with Gasteiger partial charge in [-0.15, -0.1) is 0 Å². The molecule has 17 heavy (non-hydrogen) atoms. The average Bonchev–Trinajstić information content (AvgIpc) is 3.23. The van der Waals surface area contributed by atoms with Crippen molar-refractivity contribution in [2.75, 3.05) is 47.8 Å². The quantitative estimate of drug-likeness (QED) is 0.501. The largest absolute Gasteiger partial charge is 0.473 e. The SMILES string of the molecule is C(OCC1CO1)C1CO1.COP(=O)(OC)OC. The minimum absolute atomic E-state index is 0.392. The van der Waals surface area contributed by atoms with Gasteiger partial charge in [0.15, 0.2) is 0 Å². The topological polar surface area (TPSA) is 79.0 Å². The lowest BCUT2D eigenvalue weighted by Gasteiger charge is -2.08. The van der Waals surface area contributed by atoms with E-state index in [0.717, 1.165) is 26.4 Å². The summed E-state index contributed by atoms with van der Waals surface area (Å²) in [6.07, 6.45) is 0.785. The van der Waals surface area contributed by atoms with Crippen molar-refractivity contribution in [1.29, 1.82) is 0 Å². The number of ether oxygens (including phenoxy) is 3. The number of hydrogen-bond donors (Lipinski definition) is 0. The van der Waals surface area contributed by atoms with Gasteiger partial charge < -0.3 is 14.2 Å². The molecule has 2 rings (SSSR count). The molecule has 0 saturated carbocycles. The average molecular weight is 270 g/mol. The van der Waals surface area contributed by atoms with Crippen molar-refractivity contribution in [3.05, 3.63) is 0 Å². The van der Waals surface area contributed by atoms with E-state index < -0.39 is 7.82 Å². The van der Waals surface area contributed by atoms with Gasteiger partial charge in [0.2, 0.25) is 0 Å². The first-order chi connectivity index (χ1) is 8.13. The molecule has 2 fully saturated rings. The van der Waals surface area contributed by atoms with E-state index in [-0.39, 0.29) is 0 Å². The Hall–Kier alpha value is -0.0100. The molecule has 0 aliphatic carbocycles. The van der Waals surface area contributed by atoms with Crippen LogP contribution in [-0.4, -0.2) is 60.0 Å². The fourth-order valence-corrected chi connectivity index (χ4v) is 1.33. The van der Waals surface area contributed by atoms with Crippen LogP contribution in [0.3, 0.4) is 0 Å². The molecule has 102 valence electrons. The van der Waals surface area contributed by atoms with E-state index in [2.05, 4.69) is 13.6 Å². The molecule has 2 heterocycles. The first-order valence-electron chi connectivity index (χ1n) is 5.21. The summed E-state index contributed by atoms with van der Waals surface area (Å²) in [4.78, 5) is 0. The van der Waals surface area contributed by atoms with E-state index in [9.17, 15) is 4.57 Å². The number of rotatable bonds is 7. The van der Waals surface area contributed by atoms with Crippen molar-refractivity contribution < 1.29 is 32.3 Å². The zero-order valence-corrected chi connectivity index (χ0v) is 11.2. The van der Waals surface area contributed by atoms with Crippen LogP contribution in [0.2, 0.25) is 0 Å². The molecule has 2 saturated heterocycles. The lowest BCUT2D eigenvalue weighted by Crippen LogP contribution is -2.06. The van der Waals surface area contributed by atoms with Gasteiger partial charge in [-0.3, -0.25) is 13.6 Å². The van der Waals surface area contributed by atoms with E-state index in [1.165, 1.54) is 21.3 Å². The number of phosphoric acid groups is 1. The smallest absolute Gasteiger partial charge is 0.376 e. The lowest BCUT2D eigenvalue weighted by molar-refractivity contribution is 0.102. The minimum atomic E-state index is -3.16. The molecule has 2 unspecified atom stereocenters. The van der Waals surface area contributed by atoms with Gasteiger partial charge in [-0.2, -0.15) is 0 Å². The third kappa shape index (κ3) is 7.10. The third-order valence-corrected chi connectivity index (χ3v) is 3.42. The first kappa shape index (κ1) is 15.0. The summed E-state index contributed by atoms with van der Waals surface area (Å²) in [5.41, 5.74) is 0. The van der Waals surface area contributed by atoms with Gasteiger partial charge in [0, 0.05) is 21.3 Å². The molecule has 2 aliphatic heterocycles. The van der Waals surface area contributed by atoms with Gasteiger partial charge in [0.05, 0.1) is 26.4 Å². The third-order valence-electron chi connectivity index (χ3n) is 2.08. The summed E-state index contributed by atoms with van der Waals surface area (Å²) in [5.74, 6) is 0. The Bertz CT molecular complexity index is 221. The van der Waals surface area contributed by atoms with Crippen LogP contribution in [0.25, 0.3) is 0 Å². The van der Waals surface area contributed by atoms with Crippen LogP contribution < -0.4 is 0 Å². The van der Waals surface area contributed by atoms with Crippen molar-refractivity contribution in [1.82, 2.24) is 0 Å². The van der Waals surface area contributed by atoms with Gasteiger partial charge >= 0.3 is 7.82 Å². The van der Waals surface area contributed by atoms with E-state index >= 15 is 0 Å². The summed E-state index contributed by atoms with van der Waals surface area (Å²) in [7, 11) is 0.611. The predicted octanol–water partition coefficient (Wildman–Crippen LogP) is 0.834. The molecule has 0 bridgehead atoms. The van der Waals surface area contributed by atoms with Gasteiger partial charge in [-0.25, -0.2) is 4.57 Å². The molecule has 0 N–H and O–H groups in total. The Labute approximate surface area is 101 Å². The lowest BCUT2D eigenvalue weighted by atomic mass is 10.5. The van der Waals surface area contributed by atoms with Crippen LogP contribution in [0.1, 0.15) is 0 Å². The van der Waals surface area contributed by atoms with Crippen molar-refractivity contribution in [2.24, 2.45) is 0 Å². The Morgan fingerprint density at radius 1 is 1.00 bits per heavy atom. The normalized spacial score (nSPS) is 26.1. The maximum atomic E-state index is 10.7. The van der Waals surface area contributed by atoms with E-state index in [0.29, 0.717) is 12.2 Å². The zero-order chi connectivity index (χ0) is 12.7. The predicted molar refractivity (Wildman–Crippen MR) is 58.9 cm³/mol. The van der Waals surface area contributed by atoms with Gasteiger partial charge in [0.1, 0.15) is 12.2 Å². The second-order valence-corrected chi connectivity index (χ2v) is 5.43. The van der Waals surface area contributed by atoms with Crippen LogP contribution in [-0.2, 0) is 32.3 Å². The van der Waals surface area contributed by atoms with Crippen molar-refractivity contribution >= 4 is 7.82 Å². The van der Waals surface area contributed by atoms with Crippen LogP contribution >= 0.6 is 7.82 Å². The monoisotopic (exact) mass is 270 g/mol. The number of hydrogen-bond acceptors (Lipinski definition) is 7. The highest BCUT2D eigenvalue weighted by atomic mass is 31.2. The van der Waals surface area contributed by atoms with E-state index in [4.69, 9.17) is 14.2 Å². The number of phosphoric ester groups is 1. The Balaban J connectivity index is 0.000000172. The fourth-order valence-electron chi connectivity index (χ4n) is 0.883. The Kier molecular flexibility index (Phi) is 6.58. The Morgan fingerprint density at radius 3 is 1.53 bits per heavy atom. The summed E-state index contributed by atoms with van der Waals surface area (Å²) in [6, 6.07) is 0. The highest BCUT2D eigenvalue weighted by Crippen LogP contribution is 2.46. The van der Waals surface area contributed by atoms with Crippen LogP contribution in [0, 0.1) is 0 Å². The highest BCUT2D eigenvalue weighted by molar-refractivity contribution is 7.48. The van der Waals surface area contributed by atoms with E-state index in [1.807, 2.05) is 0 Å². The molecular weight excluding hydrogens is 251 g/mol. The maximum Gasteiger partial charge on any atom is 0.473 e. The van der Waals surface area contributed by atoms with Crippen molar-refractivity contribution in [3.8, 4) is 0 Å². The van der Waals surface area contributed by atoms with Gasteiger partial charge in [-0.05, 0) is 0 Å². The molecule has 0 spiro atoms. The standard InChI is InChI=1S/C6H10O3.C3H9O4P/c1(5-3-8-5)7-2-6-4-9-6;1-5-8(4,6-2)7-3/h5-6H,1-4H2;1-3H3. The number of epoxide rings is 2. The molecule has 0 aromatic carbocycles. The molecule has 8 heteroatoms. The second kappa shape index (κ2) is 7.43. The highest BCUT2D eigenvalue weighted by Gasteiger charge is 2.26. The Morgan fingerprint density at radius 2 is 1.35 bits per heavy atom. The fraction of sp³-hybridized carbons (Fsp3) is 1.00. The molecular formula is C9H19O7P. The summed E-state index contributed by atoms with van der Waals surface area (Å²) in [5, 5.41) is 0.